The number of nitrogens with one attached hydrogen (secondary N) is 1. The standard InChI is InChI=1S/C14H19N3O/c1-3-8-15-11(2)9-17-10-16-13-7-5-4-6-12(13)14(17)18/h4-7,10-11,15H,3,8-9H2,1-2H3. The van der Waals surface area contributed by atoms with Crippen LogP contribution in [0.3, 0.4) is 0 Å². The highest BCUT2D eigenvalue weighted by molar-refractivity contribution is 5.76. The summed E-state index contributed by atoms with van der Waals surface area (Å²) in [5.74, 6) is 0. The maximum Gasteiger partial charge on any atom is 0.261 e. The number of rotatable bonds is 5. The van der Waals surface area contributed by atoms with Gasteiger partial charge in [0.2, 0.25) is 0 Å². The van der Waals surface area contributed by atoms with Crippen molar-refractivity contribution < 1.29 is 0 Å². The molecule has 0 fully saturated rings. The van der Waals surface area contributed by atoms with Crippen molar-refractivity contribution in [3.63, 3.8) is 0 Å². The molecular weight excluding hydrogens is 226 g/mol. The van der Waals surface area contributed by atoms with Gasteiger partial charge in [-0.1, -0.05) is 19.1 Å². The van der Waals surface area contributed by atoms with E-state index >= 15 is 0 Å². The van der Waals surface area contributed by atoms with Gasteiger partial charge in [-0.25, -0.2) is 4.98 Å². The van der Waals surface area contributed by atoms with Crippen LogP contribution in [0.5, 0.6) is 0 Å². The van der Waals surface area contributed by atoms with Crippen molar-refractivity contribution in [1.82, 2.24) is 14.9 Å². The van der Waals surface area contributed by atoms with E-state index in [2.05, 4.69) is 24.1 Å². The van der Waals surface area contributed by atoms with E-state index in [-0.39, 0.29) is 11.6 Å². The molecule has 1 unspecified atom stereocenters. The Morgan fingerprint density at radius 1 is 1.39 bits per heavy atom. The number of fused-ring (bicyclic) bond motifs is 1. The summed E-state index contributed by atoms with van der Waals surface area (Å²) in [7, 11) is 0. The molecule has 0 bridgehead atoms. The average molecular weight is 245 g/mol. The van der Waals surface area contributed by atoms with Crippen LogP contribution < -0.4 is 10.9 Å². The Labute approximate surface area is 107 Å². The SMILES string of the molecule is CCCNC(C)Cn1cnc2ccccc2c1=O. The molecule has 1 heterocycles. The molecule has 0 amide bonds. The van der Waals surface area contributed by atoms with E-state index in [1.54, 1.807) is 10.9 Å². The first-order chi connectivity index (χ1) is 8.72. The summed E-state index contributed by atoms with van der Waals surface area (Å²) in [6.07, 6.45) is 2.73. The first kappa shape index (κ1) is 12.8. The Morgan fingerprint density at radius 2 is 2.17 bits per heavy atom. The summed E-state index contributed by atoms with van der Waals surface area (Å²) in [6.45, 7) is 5.83. The maximum atomic E-state index is 12.2. The highest BCUT2D eigenvalue weighted by Gasteiger charge is 2.06. The normalized spacial score (nSPS) is 12.8. The van der Waals surface area contributed by atoms with Crippen molar-refractivity contribution in [2.75, 3.05) is 6.54 Å². The second kappa shape index (κ2) is 5.78. The minimum absolute atomic E-state index is 0.0331. The Morgan fingerprint density at radius 3 is 2.94 bits per heavy atom. The minimum Gasteiger partial charge on any atom is -0.312 e. The molecule has 0 aliphatic heterocycles. The van der Waals surface area contributed by atoms with Crippen molar-refractivity contribution in [1.29, 1.82) is 0 Å². The molecule has 0 aliphatic rings. The molecule has 18 heavy (non-hydrogen) atoms. The molecule has 1 aromatic heterocycles. The van der Waals surface area contributed by atoms with Crippen LogP contribution in [-0.2, 0) is 6.54 Å². The van der Waals surface area contributed by atoms with Gasteiger partial charge in [0, 0.05) is 12.6 Å². The van der Waals surface area contributed by atoms with Gasteiger partial charge in [0.15, 0.2) is 0 Å². The van der Waals surface area contributed by atoms with E-state index in [0.29, 0.717) is 11.9 Å². The fraction of sp³-hybridized carbons (Fsp3) is 0.429. The van der Waals surface area contributed by atoms with Gasteiger partial charge >= 0.3 is 0 Å². The van der Waals surface area contributed by atoms with Crippen LogP contribution >= 0.6 is 0 Å². The molecule has 0 aliphatic carbocycles. The summed E-state index contributed by atoms with van der Waals surface area (Å²) < 4.78 is 1.68. The van der Waals surface area contributed by atoms with Crippen LogP contribution in [-0.4, -0.2) is 22.1 Å². The number of para-hydroxylation sites is 1. The molecule has 2 aromatic rings. The van der Waals surface area contributed by atoms with Crippen LogP contribution in [0.2, 0.25) is 0 Å². The summed E-state index contributed by atoms with van der Waals surface area (Å²) in [4.78, 5) is 16.5. The van der Waals surface area contributed by atoms with Crippen LogP contribution in [0.25, 0.3) is 10.9 Å². The number of aromatic nitrogens is 2. The molecule has 96 valence electrons. The molecule has 4 heteroatoms. The molecule has 0 radical (unpaired) electrons. The maximum absolute atomic E-state index is 12.2. The molecule has 0 spiro atoms. The van der Waals surface area contributed by atoms with E-state index < -0.39 is 0 Å². The van der Waals surface area contributed by atoms with Crippen LogP contribution in [0.1, 0.15) is 20.3 Å². The molecule has 0 saturated heterocycles. The zero-order valence-electron chi connectivity index (χ0n) is 10.9. The molecule has 2 rings (SSSR count). The Hall–Kier alpha value is -1.68. The van der Waals surface area contributed by atoms with E-state index in [1.807, 2.05) is 24.3 Å². The topological polar surface area (TPSA) is 46.9 Å². The van der Waals surface area contributed by atoms with Crippen molar-refractivity contribution in [3.8, 4) is 0 Å². The molecule has 0 saturated carbocycles. The van der Waals surface area contributed by atoms with Gasteiger partial charge in [-0.2, -0.15) is 0 Å². The molecular formula is C14H19N3O. The highest BCUT2D eigenvalue weighted by Crippen LogP contribution is 2.04. The fourth-order valence-electron chi connectivity index (χ4n) is 1.99. The lowest BCUT2D eigenvalue weighted by molar-refractivity contribution is 0.468. The van der Waals surface area contributed by atoms with Crippen molar-refractivity contribution in [3.05, 3.63) is 40.9 Å². The van der Waals surface area contributed by atoms with E-state index in [1.165, 1.54) is 0 Å². The largest absolute Gasteiger partial charge is 0.312 e. The summed E-state index contributed by atoms with van der Waals surface area (Å²) in [5.41, 5.74) is 0.790. The second-order valence-corrected chi connectivity index (χ2v) is 4.57. The smallest absolute Gasteiger partial charge is 0.261 e. The van der Waals surface area contributed by atoms with Gasteiger partial charge in [-0.3, -0.25) is 9.36 Å². The van der Waals surface area contributed by atoms with Crippen LogP contribution in [0, 0.1) is 0 Å². The Bertz CT molecular complexity index is 577. The lowest BCUT2D eigenvalue weighted by atomic mass is 10.2. The third kappa shape index (κ3) is 2.76. The summed E-state index contributed by atoms with van der Waals surface area (Å²) >= 11 is 0. The van der Waals surface area contributed by atoms with Gasteiger partial charge in [0.1, 0.15) is 0 Å². The second-order valence-electron chi connectivity index (χ2n) is 4.57. The lowest BCUT2D eigenvalue weighted by Gasteiger charge is -2.14. The van der Waals surface area contributed by atoms with E-state index in [9.17, 15) is 4.79 Å². The van der Waals surface area contributed by atoms with Crippen molar-refractivity contribution in [2.24, 2.45) is 0 Å². The van der Waals surface area contributed by atoms with Gasteiger partial charge in [0.25, 0.3) is 5.56 Å². The molecule has 1 atom stereocenters. The summed E-state index contributed by atoms with van der Waals surface area (Å²) in [6, 6.07) is 7.72. The molecule has 4 nitrogen and oxygen atoms in total. The number of benzene rings is 1. The minimum atomic E-state index is 0.0331. The van der Waals surface area contributed by atoms with E-state index in [4.69, 9.17) is 0 Å². The van der Waals surface area contributed by atoms with Gasteiger partial charge in [-0.05, 0) is 32.0 Å². The number of hydrogen-bond acceptors (Lipinski definition) is 3. The van der Waals surface area contributed by atoms with E-state index in [0.717, 1.165) is 18.5 Å². The average Bonchev–Trinajstić information content (AvgIpc) is 2.40. The first-order valence-corrected chi connectivity index (χ1v) is 6.40. The quantitative estimate of drug-likeness (QED) is 0.873. The van der Waals surface area contributed by atoms with Crippen molar-refractivity contribution >= 4 is 10.9 Å². The Balaban J connectivity index is 2.24. The van der Waals surface area contributed by atoms with Gasteiger partial charge in [0.05, 0.1) is 17.2 Å². The fourth-order valence-corrected chi connectivity index (χ4v) is 1.99. The third-order valence-corrected chi connectivity index (χ3v) is 2.94. The number of hydrogen-bond donors (Lipinski definition) is 1. The molecule has 1 N–H and O–H groups in total. The van der Waals surface area contributed by atoms with Gasteiger partial charge < -0.3 is 5.32 Å². The Kier molecular flexibility index (Phi) is 4.10. The van der Waals surface area contributed by atoms with Crippen LogP contribution in [0.4, 0.5) is 0 Å². The summed E-state index contributed by atoms with van der Waals surface area (Å²) in [5, 5.41) is 4.05. The predicted molar refractivity (Wildman–Crippen MR) is 73.8 cm³/mol. The van der Waals surface area contributed by atoms with Gasteiger partial charge in [-0.15, -0.1) is 0 Å². The van der Waals surface area contributed by atoms with Crippen LogP contribution in [0.15, 0.2) is 35.4 Å². The third-order valence-electron chi connectivity index (χ3n) is 2.94. The first-order valence-electron chi connectivity index (χ1n) is 6.40. The monoisotopic (exact) mass is 245 g/mol. The lowest BCUT2D eigenvalue weighted by Crippen LogP contribution is -2.34. The highest BCUT2D eigenvalue weighted by atomic mass is 16.1. The predicted octanol–water partition coefficient (Wildman–Crippen LogP) is 1.78. The van der Waals surface area contributed by atoms with Crippen molar-refractivity contribution in [2.45, 2.75) is 32.9 Å². The zero-order chi connectivity index (χ0) is 13.0. The number of nitrogens with zero attached hydrogens (tertiary/aromatic N) is 2. The zero-order valence-corrected chi connectivity index (χ0v) is 10.9. The molecule has 1 aromatic carbocycles.